The van der Waals surface area contributed by atoms with Gasteiger partial charge in [0.05, 0.1) is 11.4 Å². The van der Waals surface area contributed by atoms with Crippen LogP contribution in [0.25, 0.3) is 0 Å². The Bertz CT molecular complexity index is 550. The first kappa shape index (κ1) is 9.34. The summed E-state index contributed by atoms with van der Waals surface area (Å²) < 4.78 is 0. The van der Waals surface area contributed by atoms with E-state index in [4.69, 9.17) is 0 Å². The molecule has 0 radical (unpaired) electrons. The predicted octanol–water partition coefficient (Wildman–Crippen LogP) is 3.67. The zero-order valence-electron chi connectivity index (χ0n) is 9.27. The zero-order valence-corrected chi connectivity index (χ0v) is 9.27. The van der Waals surface area contributed by atoms with Crippen LogP contribution >= 0.6 is 0 Å². The second-order valence-electron chi connectivity index (χ2n) is 4.23. The van der Waals surface area contributed by atoms with Crippen molar-refractivity contribution >= 4 is 11.4 Å². The summed E-state index contributed by atoms with van der Waals surface area (Å²) in [5, 5.41) is 0. The van der Waals surface area contributed by atoms with E-state index < -0.39 is 0 Å². The Morgan fingerprint density at radius 2 is 1.69 bits per heavy atom. The van der Waals surface area contributed by atoms with Crippen LogP contribution in [0.4, 0.5) is 5.69 Å². The molecule has 0 aromatic heterocycles. The highest BCUT2D eigenvalue weighted by Gasteiger charge is 2.14. The minimum absolute atomic E-state index is 0.958. The van der Waals surface area contributed by atoms with E-state index in [1.54, 1.807) is 0 Å². The highest BCUT2D eigenvalue weighted by atomic mass is 14.8. The summed E-state index contributed by atoms with van der Waals surface area (Å²) in [6.45, 7) is 2.11. The Morgan fingerprint density at radius 3 is 2.44 bits per heavy atom. The summed E-state index contributed by atoms with van der Waals surface area (Å²) in [7, 11) is 0. The van der Waals surface area contributed by atoms with Crippen LogP contribution < -0.4 is 0 Å². The molecule has 1 aliphatic heterocycles. The smallest absolute Gasteiger partial charge is 0.0669 e. The number of aryl methyl sites for hydroxylation is 1. The van der Waals surface area contributed by atoms with Gasteiger partial charge in [0, 0.05) is 6.42 Å². The molecule has 0 unspecified atom stereocenters. The topological polar surface area (TPSA) is 12.4 Å². The lowest BCUT2D eigenvalue weighted by atomic mass is 10.0. The normalized spacial score (nSPS) is 13.4. The molecule has 0 fully saturated rings. The first-order valence-corrected chi connectivity index (χ1v) is 5.55. The van der Waals surface area contributed by atoms with E-state index in [2.05, 4.69) is 54.4 Å². The highest BCUT2D eigenvalue weighted by Crippen LogP contribution is 2.28. The van der Waals surface area contributed by atoms with E-state index in [9.17, 15) is 0 Å². The van der Waals surface area contributed by atoms with Gasteiger partial charge in [-0.2, -0.15) is 0 Å². The molecule has 0 amide bonds. The Kier molecular flexibility index (Phi) is 2.10. The molecule has 1 heterocycles. The molecule has 16 heavy (non-hydrogen) atoms. The van der Waals surface area contributed by atoms with Crippen LogP contribution in [0, 0.1) is 6.92 Å². The minimum atomic E-state index is 0.958. The van der Waals surface area contributed by atoms with Gasteiger partial charge >= 0.3 is 0 Å². The maximum Gasteiger partial charge on any atom is 0.0669 e. The number of hydrogen-bond donors (Lipinski definition) is 0. The van der Waals surface area contributed by atoms with Crippen LogP contribution in [0.5, 0.6) is 0 Å². The highest BCUT2D eigenvalue weighted by molar-refractivity contribution is 6.06. The summed E-state index contributed by atoms with van der Waals surface area (Å²) >= 11 is 0. The van der Waals surface area contributed by atoms with E-state index >= 15 is 0 Å². The number of benzene rings is 2. The largest absolute Gasteiger partial charge is 0.252 e. The molecule has 0 N–H and O–H groups in total. The average Bonchev–Trinajstić information content (AvgIpc) is 2.73. The van der Waals surface area contributed by atoms with Crippen LogP contribution in [-0.4, -0.2) is 5.71 Å². The second-order valence-corrected chi connectivity index (χ2v) is 4.23. The van der Waals surface area contributed by atoms with Crippen molar-refractivity contribution < 1.29 is 0 Å². The number of fused-ring (bicyclic) bond motifs is 1. The van der Waals surface area contributed by atoms with Gasteiger partial charge in [0.1, 0.15) is 0 Å². The van der Waals surface area contributed by atoms with Gasteiger partial charge in [0.2, 0.25) is 0 Å². The number of para-hydroxylation sites is 1. The van der Waals surface area contributed by atoms with Crippen LogP contribution in [0.1, 0.15) is 16.7 Å². The molecule has 0 atom stereocenters. The standard InChI is InChI=1S/C15H13N/c1-11-6-8-12(9-7-11)15-10-13-4-2-3-5-14(13)16-15/h2-9H,10H2,1H3. The first-order chi connectivity index (χ1) is 7.83. The van der Waals surface area contributed by atoms with E-state index in [1.807, 2.05) is 6.07 Å². The number of aliphatic imine (C=N–C) groups is 1. The second kappa shape index (κ2) is 3.60. The zero-order chi connectivity index (χ0) is 11.0. The Balaban J connectivity index is 1.98. The SMILES string of the molecule is Cc1ccc(C2=Nc3ccccc3C2)cc1. The van der Waals surface area contributed by atoms with Gasteiger partial charge in [0.25, 0.3) is 0 Å². The molecule has 0 bridgehead atoms. The van der Waals surface area contributed by atoms with Gasteiger partial charge in [-0.05, 0) is 24.1 Å². The van der Waals surface area contributed by atoms with Gasteiger partial charge in [-0.25, -0.2) is 0 Å². The molecular weight excluding hydrogens is 194 g/mol. The van der Waals surface area contributed by atoms with Gasteiger partial charge in [-0.3, -0.25) is 4.99 Å². The molecule has 0 saturated carbocycles. The van der Waals surface area contributed by atoms with Crippen LogP contribution in [0.15, 0.2) is 53.5 Å². The van der Waals surface area contributed by atoms with E-state index in [1.165, 1.54) is 22.4 Å². The summed E-state index contributed by atoms with van der Waals surface area (Å²) in [4.78, 5) is 4.67. The summed E-state index contributed by atoms with van der Waals surface area (Å²) in [6.07, 6.45) is 0.958. The third-order valence-corrected chi connectivity index (χ3v) is 2.99. The molecule has 2 aromatic carbocycles. The molecule has 1 aliphatic rings. The van der Waals surface area contributed by atoms with Crippen molar-refractivity contribution in [2.75, 3.05) is 0 Å². The van der Waals surface area contributed by atoms with Crippen molar-refractivity contribution in [3.8, 4) is 0 Å². The Labute approximate surface area is 95.5 Å². The third kappa shape index (κ3) is 1.54. The van der Waals surface area contributed by atoms with Crippen molar-refractivity contribution in [3.05, 3.63) is 65.2 Å². The molecule has 1 heteroatoms. The molecule has 78 valence electrons. The van der Waals surface area contributed by atoms with Crippen molar-refractivity contribution in [2.24, 2.45) is 4.99 Å². The molecule has 3 rings (SSSR count). The van der Waals surface area contributed by atoms with Gasteiger partial charge in [0.15, 0.2) is 0 Å². The lowest BCUT2D eigenvalue weighted by Crippen LogP contribution is -1.99. The number of hydrogen-bond acceptors (Lipinski definition) is 1. The van der Waals surface area contributed by atoms with Crippen molar-refractivity contribution in [3.63, 3.8) is 0 Å². The lowest BCUT2D eigenvalue weighted by molar-refractivity contribution is 1.38. The van der Waals surface area contributed by atoms with Crippen LogP contribution in [0.3, 0.4) is 0 Å². The molecule has 1 nitrogen and oxygen atoms in total. The minimum Gasteiger partial charge on any atom is -0.252 e. The van der Waals surface area contributed by atoms with E-state index in [0.717, 1.165) is 12.1 Å². The Morgan fingerprint density at radius 1 is 0.938 bits per heavy atom. The molecule has 0 spiro atoms. The van der Waals surface area contributed by atoms with Crippen molar-refractivity contribution in [1.29, 1.82) is 0 Å². The Hall–Kier alpha value is -1.89. The molecular formula is C15H13N. The molecule has 2 aromatic rings. The maximum atomic E-state index is 4.67. The third-order valence-electron chi connectivity index (χ3n) is 2.99. The summed E-state index contributed by atoms with van der Waals surface area (Å²) in [6, 6.07) is 16.9. The summed E-state index contributed by atoms with van der Waals surface area (Å²) in [5.74, 6) is 0. The lowest BCUT2D eigenvalue weighted by Gasteiger charge is -2.00. The average molecular weight is 207 g/mol. The fraction of sp³-hybridized carbons (Fsp3) is 0.133. The van der Waals surface area contributed by atoms with Crippen molar-refractivity contribution in [1.82, 2.24) is 0 Å². The van der Waals surface area contributed by atoms with Gasteiger partial charge in [-0.15, -0.1) is 0 Å². The first-order valence-electron chi connectivity index (χ1n) is 5.55. The predicted molar refractivity (Wildman–Crippen MR) is 67.5 cm³/mol. The quantitative estimate of drug-likeness (QED) is 0.676. The van der Waals surface area contributed by atoms with Gasteiger partial charge < -0.3 is 0 Å². The van der Waals surface area contributed by atoms with Gasteiger partial charge in [-0.1, -0.05) is 48.0 Å². The maximum absolute atomic E-state index is 4.67. The van der Waals surface area contributed by atoms with Crippen LogP contribution in [-0.2, 0) is 6.42 Å². The molecule has 0 aliphatic carbocycles. The fourth-order valence-electron chi connectivity index (χ4n) is 2.05. The van der Waals surface area contributed by atoms with Crippen molar-refractivity contribution in [2.45, 2.75) is 13.3 Å². The molecule has 0 saturated heterocycles. The van der Waals surface area contributed by atoms with E-state index in [-0.39, 0.29) is 0 Å². The summed E-state index contributed by atoms with van der Waals surface area (Å²) in [5.41, 5.74) is 6.17. The number of nitrogens with zero attached hydrogens (tertiary/aromatic N) is 1. The van der Waals surface area contributed by atoms with Crippen LogP contribution in [0.2, 0.25) is 0 Å². The number of rotatable bonds is 1. The monoisotopic (exact) mass is 207 g/mol. The fourth-order valence-corrected chi connectivity index (χ4v) is 2.05. The van der Waals surface area contributed by atoms with E-state index in [0.29, 0.717) is 0 Å².